The minimum atomic E-state index is -0.465. The smallest absolute Gasteiger partial charge is 0.230 e. The number of halogens is 2. The molecule has 15 heavy (non-hydrogen) atoms. The molecule has 78 valence electrons. The van der Waals surface area contributed by atoms with E-state index in [2.05, 4.69) is 4.98 Å². The summed E-state index contributed by atoms with van der Waals surface area (Å²) in [5.74, 6) is -0.313. The van der Waals surface area contributed by atoms with E-state index in [1.165, 1.54) is 18.4 Å². The first-order valence-corrected chi connectivity index (χ1v) is 4.69. The van der Waals surface area contributed by atoms with Crippen LogP contribution < -0.4 is 5.73 Å². The van der Waals surface area contributed by atoms with E-state index in [4.69, 9.17) is 21.8 Å². The minimum Gasteiger partial charge on any atom is -0.444 e. The van der Waals surface area contributed by atoms with Crippen molar-refractivity contribution < 1.29 is 8.81 Å². The molecule has 1 heterocycles. The van der Waals surface area contributed by atoms with Gasteiger partial charge in [0.25, 0.3) is 0 Å². The van der Waals surface area contributed by atoms with Crippen molar-refractivity contribution in [3.63, 3.8) is 0 Å². The van der Waals surface area contributed by atoms with Crippen LogP contribution in [0.2, 0.25) is 5.02 Å². The molecule has 0 atom stereocenters. The van der Waals surface area contributed by atoms with Gasteiger partial charge in [0.2, 0.25) is 5.89 Å². The lowest BCUT2D eigenvalue weighted by Crippen LogP contribution is -1.96. The molecule has 2 N–H and O–H groups in total. The zero-order chi connectivity index (χ0) is 10.8. The topological polar surface area (TPSA) is 52.0 Å². The Morgan fingerprint density at radius 1 is 1.47 bits per heavy atom. The average Bonchev–Trinajstić information content (AvgIpc) is 2.66. The van der Waals surface area contributed by atoms with E-state index in [1.54, 1.807) is 6.07 Å². The molecule has 0 saturated heterocycles. The molecule has 1 aromatic heterocycles. The largest absolute Gasteiger partial charge is 0.444 e. The Hall–Kier alpha value is -1.39. The van der Waals surface area contributed by atoms with Crippen LogP contribution >= 0.6 is 11.6 Å². The molecule has 0 unspecified atom stereocenters. The van der Waals surface area contributed by atoms with Crippen LogP contribution in [0.15, 0.2) is 28.9 Å². The normalized spacial score (nSPS) is 10.6. The van der Waals surface area contributed by atoms with E-state index in [-0.39, 0.29) is 23.0 Å². The lowest BCUT2D eigenvalue weighted by atomic mass is 10.2. The molecule has 5 heteroatoms. The highest BCUT2D eigenvalue weighted by molar-refractivity contribution is 6.33. The van der Waals surface area contributed by atoms with Crippen molar-refractivity contribution >= 4 is 11.6 Å². The molecular weight excluding hydrogens is 219 g/mol. The molecule has 1 aromatic carbocycles. The van der Waals surface area contributed by atoms with Crippen molar-refractivity contribution in [2.24, 2.45) is 5.73 Å². The highest BCUT2D eigenvalue weighted by Gasteiger charge is 2.14. The summed E-state index contributed by atoms with van der Waals surface area (Å²) < 4.78 is 18.5. The van der Waals surface area contributed by atoms with E-state index in [1.807, 2.05) is 0 Å². The van der Waals surface area contributed by atoms with Crippen molar-refractivity contribution in [2.45, 2.75) is 6.54 Å². The summed E-state index contributed by atoms with van der Waals surface area (Å²) in [5.41, 5.74) is 6.09. The van der Waals surface area contributed by atoms with Gasteiger partial charge in [0.15, 0.2) is 0 Å². The van der Waals surface area contributed by atoms with Gasteiger partial charge in [-0.1, -0.05) is 17.7 Å². The third kappa shape index (κ3) is 1.86. The Morgan fingerprint density at radius 2 is 2.27 bits per heavy atom. The van der Waals surface area contributed by atoms with E-state index in [0.717, 1.165) is 0 Å². The highest BCUT2D eigenvalue weighted by Crippen LogP contribution is 2.29. The quantitative estimate of drug-likeness (QED) is 0.856. The van der Waals surface area contributed by atoms with Crippen LogP contribution in [0.3, 0.4) is 0 Å². The Labute approximate surface area is 90.7 Å². The number of aromatic nitrogens is 1. The van der Waals surface area contributed by atoms with Crippen LogP contribution in [0, 0.1) is 5.82 Å². The molecule has 2 rings (SSSR count). The zero-order valence-electron chi connectivity index (χ0n) is 7.71. The van der Waals surface area contributed by atoms with Crippen LogP contribution in [0.1, 0.15) is 5.69 Å². The van der Waals surface area contributed by atoms with Crippen molar-refractivity contribution in [3.8, 4) is 11.5 Å². The van der Waals surface area contributed by atoms with Gasteiger partial charge in [-0.3, -0.25) is 0 Å². The van der Waals surface area contributed by atoms with E-state index in [9.17, 15) is 4.39 Å². The Bertz CT molecular complexity index is 464. The van der Waals surface area contributed by atoms with Gasteiger partial charge in [-0.15, -0.1) is 0 Å². The number of oxazole rings is 1. The van der Waals surface area contributed by atoms with Crippen LogP contribution in [-0.4, -0.2) is 4.98 Å². The number of hydrogen-bond acceptors (Lipinski definition) is 3. The fraction of sp³-hybridized carbons (Fsp3) is 0.100. The van der Waals surface area contributed by atoms with Crippen LogP contribution in [-0.2, 0) is 6.54 Å². The second kappa shape index (κ2) is 4.00. The number of benzene rings is 1. The second-order valence-corrected chi connectivity index (χ2v) is 3.35. The summed E-state index contributed by atoms with van der Waals surface area (Å²) in [6.07, 6.45) is 1.39. The standard InChI is InChI=1S/C10H8ClFN2O/c11-7-2-1-3-8(12)9(7)10-14-6(4-13)5-15-10/h1-3,5H,4,13H2. The maximum atomic E-state index is 13.4. The molecule has 0 fully saturated rings. The average molecular weight is 227 g/mol. The minimum absolute atomic E-state index is 0.151. The van der Waals surface area contributed by atoms with Gasteiger partial charge in [-0.25, -0.2) is 9.37 Å². The zero-order valence-corrected chi connectivity index (χ0v) is 8.46. The summed E-state index contributed by atoms with van der Waals surface area (Å²) in [5, 5.41) is 0.264. The first-order chi connectivity index (χ1) is 7.22. The van der Waals surface area contributed by atoms with Gasteiger partial charge in [0.1, 0.15) is 12.1 Å². The van der Waals surface area contributed by atoms with Gasteiger partial charge in [-0.2, -0.15) is 0 Å². The van der Waals surface area contributed by atoms with E-state index in [0.29, 0.717) is 5.69 Å². The van der Waals surface area contributed by atoms with Crippen molar-refractivity contribution in [1.29, 1.82) is 0 Å². The summed E-state index contributed by atoms with van der Waals surface area (Å²) in [7, 11) is 0. The molecule has 0 saturated carbocycles. The number of nitrogens with two attached hydrogens (primary N) is 1. The maximum Gasteiger partial charge on any atom is 0.230 e. The predicted octanol–water partition coefficient (Wildman–Crippen LogP) is 2.59. The monoisotopic (exact) mass is 226 g/mol. The van der Waals surface area contributed by atoms with Crippen molar-refractivity contribution in [1.82, 2.24) is 4.98 Å². The Balaban J connectivity index is 2.53. The lowest BCUT2D eigenvalue weighted by molar-refractivity contribution is 0.560. The summed E-state index contributed by atoms with van der Waals surface area (Å²) in [4.78, 5) is 4.00. The molecule has 0 amide bonds. The molecule has 0 aliphatic carbocycles. The molecule has 0 aliphatic heterocycles. The molecular formula is C10H8ClFN2O. The maximum absolute atomic E-state index is 13.4. The van der Waals surface area contributed by atoms with Gasteiger partial charge in [0, 0.05) is 6.54 Å². The van der Waals surface area contributed by atoms with E-state index < -0.39 is 5.82 Å². The molecule has 0 aliphatic rings. The first-order valence-electron chi connectivity index (χ1n) is 4.31. The summed E-state index contributed by atoms with van der Waals surface area (Å²) in [6.45, 7) is 0.246. The van der Waals surface area contributed by atoms with Crippen molar-refractivity contribution in [2.75, 3.05) is 0 Å². The first kappa shape index (κ1) is 10.1. The lowest BCUT2D eigenvalue weighted by Gasteiger charge is -1.99. The summed E-state index contributed by atoms with van der Waals surface area (Å²) in [6, 6.07) is 4.40. The van der Waals surface area contributed by atoms with Crippen molar-refractivity contribution in [3.05, 3.63) is 41.0 Å². The number of hydrogen-bond donors (Lipinski definition) is 1. The molecule has 0 radical (unpaired) electrons. The summed E-state index contributed by atoms with van der Waals surface area (Å²) >= 11 is 5.85. The SMILES string of the molecule is NCc1coc(-c2c(F)cccc2Cl)n1. The molecule has 2 aromatic rings. The van der Waals surface area contributed by atoms with Gasteiger partial charge < -0.3 is 10.2 Å². The highest BCUT2D eigenvalue weighted by atomic mass is 35.5. The Morgan fingerprint density at radius 3 is 2.87 bits per heavy atom. The van der Waals surface area contributed by atoms with E-state index >= 15 is 0 Å². The molecule has 0 spiro atoms. The third-order valence-electron chi connectivity index (χ3n) is 1.94. The second-order valence-electron chi connectivity index (χ2n) is 2.94. The van der Waals surface area contributed by atoms with Crippen LogP contribution in [0.5, 0.6) is 0 Å². The van der Waals surface area contributed by atoms with Crippen LogP contribution in [0.4, 0.5) is 4.39 Å². The molecule has 3 nitrogen and oxygen atoms in total. The van der Waals surface area contributed by atoms with Gasteiger partial charge in [0.05, 0.1) is 16.3 Å². The van der Waals surface area contributed by atoms with Gasteiger partial charge in [-0.05, 0) is 12.1 Å². The molecule has 0 bridgehead atoms. The predicted molar refractivity (Wildman–Crippen MR) is 54.8 cm³/mol. The fourth-order valence-electron chi connectivity index (χ4n) is 1.22. The van der Waals surface area contributed by atoms with Gasteiger partial charge >= 0.3 is 0 Å². The number of nitrogens with zero attached hydrogens (tertiary/aromatic N) is 1. The third-order valence-corrected chi connectivity index (χ3v) is 2.25. The fourth-order valence-corrected chi connectivity index (χ4v) is 1.46. The Kier molecular flexibility index (Phi) is 2.70. The van der Waals surface area contributed by atoms with Crippen LogP contribution in [0.25, 0.3) is 11.5 Å². The number of rotatable bonds is 2.